The molecular formula is C14H36O4S2Si2. The Balaban J connectivity index is 0. The SMILES string of the molecule is CCO.CO[Si](CCCSSCCC[Si](C)(C)C)(OC)OC. The Bertz CT molecular complexity index is 229. The van der Waals surface area contributed by atoms with E-state index in [2.05, 4.69) is 19.6 Å². The average molecular weight is 389 g/mol. The van der Waals surface area contributed by atoms with Gasteiger partial charge in [0.2, 0.25) is 0 Å². The largest absolute Gasteiger partial charge is 0.500 e. The lowest BCUT2D eigenvalue weighted by atomic mass is 10.6. The van der Waals surface area contributed by atoms with Crippen molar-refractivity contribution >= 4 is 38.5 Å². The zero-order valence-corrected chi connectivity index (χ0v) is 19.1. The topological polar surface area (TPSA) is 47.9 Å². The minimum atomic E-state index is -2.33. The molecule has 136 valence electrons. The number of rotatable bonds is 12. The molecule has 0 aromatic rings. The molecule has 0 saturated heterocycles. The van der Waals surface area contributed by atoms with Crippen molar-refractivity contribution < 1.29 is 18.4 Å². The van der Waals surface area contributed by atoms with Crippen LogP contribution >= 0.6 is 21.6 Å². The van der Waals surface area contributed by atoms with Crippen LogP contribution in [0.15, 0.2) is 0 Å². The second kappa shape index (κ2) is 15.5. The molecule has 0 aliphatic carbocycles. The van der Waals surface area contributed by atoms with Crippen LogP contribution in [0, 0.1) is 0 Å². The average Bonchev–Trinajstić information content (AvgIpc) is 2.46. The van der Waals surface area contributed by atoms with E-state index in [1.807, 2.05) is 21.6 Å². The van der Waals surface area contributed by atoms with Gasteiger partial charge in [-0.05, 0) is 19.8 Å². The summed E-state index contributed by atoms with van der Waals surface area (Å²) in [5, 5.41) is 7.57. The summed E-state index contributed by atoms with van der Waals surface area (Å²) >= 11 is 0. The highest BCUT2D eigenvalue weighted by Crippen LogP contribution is 2.26. The van der Waals surface area contributed by atoms with E-state index in [-0.39, 0.29) is 6.61 Å². The van der Waals surface area contributed by atoms with Crippen LogP contribution in [0.3, 0.4) is 0 Å². The van der Waals surface area contributed by atoms with Gasteiger partial charge >= 0.3 is 8.80 Å². The van der Waals surface area contributed by atoms with E-state index in [1.165, 1.54) is 18.2 Å². The highest BCUT2D eigenvalue weighted by Gasteiger charge is 2.36. The summed E-state index contributed by atoms with van der Waals surface area (Å²) in [5.74, 6) is 2.42. The summed E-state index contributed by atoms with van der Waals surface area (Å²) in [5.41, 5.74) is 0. The van der Waals surface area contributed by atoms with E-state index < -0.39 is 16.9 Å². The predicted octanol–water partition coefficient (Wildman–Crippen LogP) is 4.36. The van der Waals surface area contributed by atoms with Crippen molar-refractivity contribution in [3.8, 4) is 0 Å². The van der Waals surface area contributed by atoms with Crippen LogP contribution in [-0.2, 0) is 13.3 Å². The summed E-state index contributed by atoms with van der Waals surface area (Å²) in [7, 11) is 5.82. The van der Waals surface area contributed by atoms with E-state index in [0.717, 1.165) is 18.2 Å². The van der Waals surface area contributed by atoms with Crippen LogP contribution < -0.4 is 0 Å². The van der Waals surface area contributed by atoms with Crippen molar-refractivity contribution in [2.24, 2.45) is 0 Å². The second-order valence-corrected chi connectivity index (χ2v) is 17.4. The quantitative estimate of drug-likeness (QED) is 0.304. The van der Waals surface area contributed by atoms with Crippen LogP contribution in [0.2, 0.25) is 31.7 Å². The van der Waals surface area contributed by atoms with E-state index in [9.17, 15) is 0 Å². The van der Waals surface area contributed by atoms with Crippen molar-refractivity contribution in [2.45, 2.75) is 51.5 Å². The van der Waals surface area contributed by atoms with Gasteiger partial charge in [0.15, 0.2) is 0 Å². The third-order valence-electron chi connectivity index (χ3n) is 2.88. The van der Waals surface area contributed by atoms with Gasteiger partial charge in [0.05, 0.1) is 0 Å². The standard InChI is InChI=1S/C12H30O3S2Si2.C2H6O/c1-13-19(14-2,15-3)12-8-10-17-16-9-7-11-18(4,5)6;1-2-3/h7-12H2,1-6H3;3H,2H2,1H3. The van der Waals surface area contributed by atoms with E-state index >= 15 is 0 Å². The van der Waals surface area contributed by atoms with Crippen LogP contribution in [0.4, 0.5) is 0 Å². The maximum atomic E-state index is 7.57. The maximum Gasteiger partial charge on any atom is 0.500 e. The number of aliphatic hydroxyl groups is 1. The number of hydrogen-bond acceptors (Lipinski definition) is 6. The molecule has 8 heteroatoms. The molecule has 0 heterocycles. The molecule has 1 N–H and O–H groups in total. The summed E-state index contributed by atoms with van der Waals surface area (Å²) in [6.45, 7) is 9.25. The first kappa shape index (κ1) is 25.2. The monoisotopic (exact) mass is 388 g/mol. The highest BCUT2D eigenvalue weighted by molar-refractivity contribution is 8.76. The van der Waals surface area contributed by atoms with Crippen LogP contribution in [-0.4, -0.2) is 61.4 Å². The van der Waals surface area contributed by atoms with Crippen LogP contribution in [0.5, 0.6) is 0 Å². The molecule has 0 aromatic carbocycles. The van der Waals surface area contributed by atoms with Gasteiger partial charge in [0.25, 0.3) is 0 Å². The Morgan fingerprint density at radius 2 is 1.18 bits per heavy atom. The first-order valence-electron chi connectivity index (χ1n) is 7.81. The van der Waals surface area contributed by atoms with Gasteiger partial charge in [-0.2, -0.15) is 0 Å². The summed E-state index contributed by atoms with van der Waals surface area (Å²) in [6.07, 6.45) is 2.45. The molecule has 0 spiro atoms. The molecular weight excluding hydrogens is 352 g/mol. The lowest BCUT2D eigenvalue weighted by molar-refractivity contribution is 0.123. The number of hydrogen-bond donors (Lipinski definition) is 1. The molecule has 0 radical (unpaired) electrons. The van der Waals surface area contributed by atoms with Crippen molar-refractivity contribution in [1.29, 1.82) is 0 Å². The minimum Gasteiger partial charge on any atom is -0.397 e. The van der Waals surface area contributed by atoms with E-state index in [4.69, 9.17) is 18.4 Å². The summed E-state index contributed by atoms with van der Waals surface area (Å²) in [4.78, 5) is 0. The fraction of sp³-hybridized carbons (Fsp3) is 1.00. The molecule has 0 aliphatic heterocycles. The fourth-order valence-corrected chi connectivity index (χ4v) is 7.33. The molecule has 0 atom stereocenters. The van der Waals surface area contributed by atoms with Crippen LogP contribution in [0.1, 0.15) is 19.8 Å². The van der Waals surface area contributed by atoms with Crippen molar-refractivity contribution in [3.05, 3.63) is 0 Å². The lowest BCUT2D eigenvalue weighted by Crippen LogP contribution is -2.42. The van der Waals surface area contributed by atoms with Gasteiger partial charge in [-0.3, -0.25) is 0 Å². The Hall–Kier alpha value is 0.974. The molecule has 22 heavy (non-hydrogen) atoms. The molecule has 0 fully saturated rings. The van der Waals surface area contributed by atoms with Crippen molar-refractivity contribution in [1.82, 2.24) is 0 Å². The highest BCUT2D eigenvalue weighted by atomic mass is 33.1. The molecule has 4 nitrogen and oxygen atoms in total. The lowest BCUT2D eigenvalue weighted by Gasteiger charge is -2.24. The van der Waals surface area contributed by atoms with Crippen molar-refractivity contribution in [3.63, 3.8) is 0 Å². The first-order chi connectivity index (χ1) is 10.3. The Morgan fingerprint density at radius 1 is 0.818 bits per heavy atom. The van der Waals surface area contributed by atoms with Gasteiger partial charge < -0.3 is 18.4 Å². The third kappa shape index (κ3) is 15.9. The zero-order chi connectivity index (χ0) is 17.5. The molecule has 0 bridgehead atoms. The molecule has 0 amide bonds. The molecule has 0 rings (SSSR count). The Labute approximate surface area is 147 Å². The molecule has 0 aromatic heterocycles. The molecule has 0 saturated carbocycles. The van der Waals surface area contributed by atoms with Gasteiger partial charge in [0.1, 0.15) is 0 Å². The Morgan fingerprint density at radius 3 is 1.50 bits per heavy atom. The van der Waals surface area contributed by atoms with E-state index in [1.54, 1.807) is 28.3 Å². The predicted molar refractivity (Wildman–Crippen MR) is 107 cm³/mol. The minimum absolute atomic E-state index is 0.250. The van der Waals surface area contributed by atoms with Gasteiger partial charge in [-0.1, -0.05) is 47.3 Å². The normalized spacial score (nSPS) is 12.0. The van der Waals surface area contributed by atoms with Gasteiger partial charge in [0, 0.05) is 53.6 Å². The van der Waals surface area contributed by atoms with E-state index in [0.29, 0.717) is 0 Å². The van der Waals surface area contributed by atoms with Crippen molar-refractivity contribution in [2.75, 3.05) is 39.4 Å². The first-order valence-corrected chi connectivity index (χ1v) is 15.9. The molecule has 0 unspecified atom stereocenters. The van der Waals surface area contributed by atoms with Crippen LogP contribution in [0.25, 0.3) is 0 Å². The molecule has 0 aliphatic rings. The third-order valence-corrected chi connectivity index (χ3v) is 10.1. The summed E-state index contributed by atoms with van der Waals surface area (Å²) in [6, 6.07) is 2.34. The maximum absolute atomic E-state index is 7.57. The zero-order valence-electron chi connectivity index (χ0n) is 15.4. The van der Waals surface area contributed by atoms with Gasteiger partial charge in [-0.25, -0.2) is 0 Å². The van der Waals surface area contributed by atoms with Gasteiger partial charge in [-0.15, -0.1) is 0 Å². The fourth-order valence-electron chi connectivity index (χ4n) is 1.68. The Kier molecular flexibility index (Phi) is 17.8. The second-order valence-electron chi connectivity index (χ2n) is 6.02. The smallest absolute Gasteiger partial charge is 0.397 e. The summed E-state index contributed by atoms with van der Waals surface area (Å²) < 4.78 is 16.2. The number of aliphatic hydroxyl groups excluding tert-OH is 1.